The van der Waals surface area contributed by atoms with Gasteiger partial charge in [-0.1, -0.05) is 115 Å². The number of fused-ring (bicyclic) bond motifs is 7. The molecule has 222 valence electrons. The molecule has 3 nitrogen and oxygen atoms in total. The van der Waals surface area contributed by atoms with E-state index in [1.165, 1.54) is 77.2 Å². The minimum Gasteiger partial charge on any atom is -0.309 e. The van der Waals surface area contributed by atoms with Crippen molar-refractivity contribution in [1.29, 1.82) is 0 Å². The number of rotatable bonds is 4. The van der Waals surface area contributed by atoms with E-state index in [0.717, 1.165) is 0 Å². The first-order valence-corrected chi connectivity index (χ1v) is 16.4. The Morgan fingerprint density at radius 2 is 0.957 bits per heavy atom. The van der Waals surface area contributed by atoms with E-state index in [9.17, 15) is 0 Å². The lowest BCUT2D eigenvalue weighted by Crippen LogP contribution is -2.79. The highest BCUT2D eigenvalue weighted by Gasteiger charge is 2.40. The summed E-state index contributed by atoms with van der Waals surface area (Å²) in [7, 11) is 0. The van der Waals surface area contributed by atoms with Crippen LogP contribution in [0.1, 0.15) is 23.2 Å². The van der Waals surface area contributed by atoms with Crippen LogP contribution in [0.4, 0.5) is 5.69 Å². The molecule has 0 fully saturated rings. The zero-order chi connectivity index (χ0) is 30.9. The summed E-state index contributed by atoms with van der Waals surface area (Å²) in [6.45, 7) is 0. The van der Waals surface area contributed by atoms with Crippen LogP contribution in [0.2, 0.25) is 0 Å². The molecule has 2 N–H and O–H groups in total. The molecule has 2 unspecified atom stereocenters. The molecule has 0 radical (unpaired) electrons. The molecule has 9 aromatic rings. The fraction of sp³-hybridized carbons (Fsp3) is 0.0455. The maximum atomic E-state index is 2.59. The summed E-state index contributed by atoms with van der Waals surface area (Å²) in [6.07, 6.45) is 0.170. The summed E-state index contributed by atoms with van der Waals surface area (Å²) < 4.78 is 4.97. The zero-order valence-corrected chi connectivity index (χ0v) is 25.8. The van der Waals surface area contributed by atoms with Crippen molar-refractivity contribution in [2.24, 2.45) is 0 Å². The van der Waals surface area contributed by atoms with Crippen molar-refractivity contribution < 1.29 is 5.32 Å². The van der Waals surface area contributed by atoms with Gasteiger partial charge >= 0.3 is 0 Å². The Morgan fingerprint density at radius 1 is 0.426 bits per heavy atom. The van der Waals surface area contributed by atoms with Gasteiger partial charge in [0.15, 0.2) is 6.17 Å². The van der Waals surface area contributed by atoms with Crippen molar-refractivity contribution in [3.63, 3.8) is 0 Å². The molecule has 2 atom stereocenters. The molecule has 47 heavy (non-hydrogen) atoms. The molecule has 3 heterocycles. The zero-order valence-electron chi connectivity index (χ0n) is 25.8. The highest BCUT2D eigenvalue weighted by atomic mass is 15.2. The van der Waals surface area contributed by atoms with Gasteiger partial charge < -0.3 is 4.57 Å². The molecule has 10 rings (SSSR count). The molecule has 0 saturated heterocycles. The van der Waals surface area contributed by atoms with Crippen LogP contribution in [-0.2, 0) is 0 Å². The van der Waals surface area contributed by atoms with Crippen LogP contribution in [0.5, 0.6) is 0 Å². The van der Waals surface area contributed by atoms with Crippen molar-refractivity contribution in [2.75, 3.05) is 0 Å². The summed E-state index contributed by atoms with van der Waals surface area (Å²) in [5.41, 5.74) is 12.7. The predicted molar refractivity (Wildman–Crippen MR) is 195 cm³/mol. The van der Waals surface area contributed by atoms with Crippen LogP contribution in [-0.4, -0.2) is 9.13 Å². The largest absolute Gasteiger partial charge is 0.309 e. The van der Waals surface area contributed by atoms with E-state index in [0.29, 0.717) is 0 Å². The van der Waals surface area contributed by atoms with Gasteiger partial charge in [0.25, 0.3) is 0 Å². The van der Waals surface area contributed by atoms with Crippen LogP contribution in [0, 0.1) is 0 Å². The minimum absolute atomic E-state index is 0.170. The highest BCUT2D eigenvalue weighted by Crippen LogP contribution is 2.44. The molecule has 0 aliphatic carbocycles. The number of quaternary nitrogens is 1. The van der Waals surface area contributed by atoms with Gasteiger partial charge in [-0.2, -0.15) is 0 Å². The normalized spacial score (nSPS) is 16.0. The summed E-state index contributed by atoms with van der Waals surface area (Å²) in [5, 5.41) is 7.61. The van der Waals surface area contributed by atoms with E-state index in [-0.39, 0.29) is 12.1 Å². The quantitative estimate of drug-likeness (QED) is 0.194. The number of aromatic nitrogens is 2. The van der Waals surface area contributed by atoms with Gasteiger partial charge in [-0.3, -0.25) is 9.88 Å². The smallest absolute Gasteiger partial charge is 0.181 e. The maximum absolute atomic E-state index is 2.59. The van der Waals surface area contributed by atoms with Gasteiger partial charge in [-0.05, 0) is 71.3 Å². The van der Waals surface area contributed by atoms with Crippen molar-refractivity contribution >= 4 is 49.3 Å². The molecule has 7 aromatic carbocycles. The van der Waals surface area contributed by atoms with E-state index in [2.05, 4.69) is 184 Å². The second-order valence-electron chi connectivity index (χ2n) is 12.7. The van der Waals surface area contributed by atoms with Crippen LogP contribution >= 0.6 is 0 Å². The van der Waals surface area contributed by atoms with E-state index >= 15 is 0 Å². The van der Waals surface area contributed by atoms with Gasteiger partial charge in [0.1, 0.15) is 5.69 Å². The third-order valence-corrected chi connectivity index (χ3v) is 10.2. The average Bonchev–Trinajstić information content (AvgIpc) is 3.79. The summed E-state index contributed by atoms with van der Waals surface area (Å²) in [6, 6.07) is 62.3. The van der Waals surface area contributed by atoms with E-state index < -0.39 is 0 Å². The third kappa shape index (κ3) is 3.97. The molecule has 0 amide bonds. The molecule has 1 aliphatic rings. The van der Waals surface area contributed by atoms with Crippen LogP contribution < -0.4 is 5.32 Å². The van der Waals surface area contributed by atoms with Gasteiger partial charge in [0, 0.05) is 32.8 Å². The molecule has 2 aromatic heterocycles. The Hall–Kier alpha value is -5.90. The van der Waals surface area contributed by atoms with Gasteiger partial charge in [-0.15, -0.1) is 0 Å². The van der Waals surface area contributed by atoms with Gasteiger partial charge in [0.2, 0.25) is 0 Å². The monoisotopic (exact) mass is 602 g/mol. The SMILES string of the molecule is c1ccc(C2c3ccccc3[NH2+]C2n2c3ccccc3c3cc(-c4ccc5c(c4)c4ccccc4n5-c4ccccc4)ccc32)cc1. The molecule has 0 saturated carbocycles. The first-order valence-electron chi connectivity index (χ1n) is 16.4. The van der Waals surface area contributed by atoms with E-state index in [1.807, 2.05) is 0 Å². The first-order chi connectivity index (χ1) is 23.3. The highest BCUT2D eigenvalue weighted by molar-refractivity contribution is 6.12. The second kappa shape index (κ2) is 10.3. The fourth-order valence-corrected chi connectivity index (χ4v) is 8.18. The van der Waals surface area contributed by atoms with Crippen molar-refractivity contribution in [2.45, 2.75) is 12.1 Å². The van der Waals surface area contributed by atoms with Crippen LogP contribution in [0.25, 0.3) is 60.4 Å². The van der Waals surface area contributed by atoms with Crippen molar-refractivity contribution in [1.82, 2.24) is 9.13 Å². The van der Waals surface area contributed by atoms with Crippen molar-refractivity contribution in [3.05, 3.63) is 181 Å². The van der Waals surface area contributed by atoms with E-state index in [1.54, 1.807) is 0 Å². The van der Waals surface area contributed by atoms with Crippen LogP contribution in [0.3, 0.4) is 0 Å². The molecule has 0 spiro atoms. The number of nitrogens with zero attached hydrogens (tertiary/aromatic N) is 2. The lowest BCUT2D eigenvalue weighted by molar-refractivity contribution is -0.625. The number of para-hydroxylation sites is 4. The first kappa shape index (κ1) is 26.3. The van der Waals surface area contributed by atoms with Crippen LogP contribution in [0.15, 0.2) is 170 Å². The Labute approximate surface area is 272 Å². The molecular weight excluding hydrogens is 571 g/mol. The summed E-state index contributed by atoms with van der Waals surface area (Å²) in [5.74, 6) is 0.246. The fourth-order valence-electron chi connectivity index (χ4n) is 8.18. The Bertz CT molecular complexity index is 2610. The van der Waals surface area contributed by atoms with Crippen molar-refractivity contribution in [3.8, 4) is 16.8 Å². The lowest BCUT2D eigenvalue weighted by Gasteiger charge is -2.21. The Morgan fingerprint density at radius 3 is 1.72 bits per heavy atom. The third-order valence-electron chi connectivity index (χ3n) is 10.2. The standard InChI is InChI=1S/C44H31N3/c1-3-13-29(14-4-1)43-35-19-7-10-20-38(35)45-44(43)47-40-22-12-9-18-34(40)37-28-31(24-26-42(37)47)30-23-25-41-36(27-30)33-17-8-11-21-39(33)46(41)32-15-5-2-6-16-32/h1-28,43-45H/p+1. The number of hydrogen-bond donors (Lipinski definition) is 1. The topological polar surface area (TPSA) is 26.5 Å². The molecular formula is C44H32N3+. The second-order valence-corrected chi connectivity index (χ2v) is 12.7. The van der Waals surface area contributed by atoms with Gasteiger partial charge in [-0.25, -0.2) is 0 Å². The van der Waals surface area contributed by atoms with E-state index in [4.69, 9.17) is 0 Å². The number of nitrogens with two attached hydrogens (primary N) is 1. The Kier molecular flexibility index (Phi) is 5.78. The number of hydrogen-bond acceptors (Lipinski definition) is 0. The summed E-state index contributed by atoms with van der Waals surface area (Å²) >= 11 is 0. The lowest BCUT2D eigenvalue weighted by atomic mass is 9.91. The molecule has 3 heteroatoms. The Balaban J connectivity index is 1.16. The number of benzene rings is 7. The molecule has 0 bridgehead atoms. The van der Waals surface area contributed by atoms with Gasteiger partial charge in [0.05, 0.1) is 28.0 Å². The minimum atomic E-state index is 0.170. The predicted octanol–water partition coefficient (Wildman–Crippen LogP) is 10.1. The molecule has 1 aliphatic heterocycles. The average molecular weight is 603 g/mol. The summed E-state index contributed by atoms with van der Waals surface area (Å²) in [4.78, 5) is 0. The maximum Gasteiger partial charge on any atom is 0.181 e.